The Morgan fingerprint density at radius 2 is 1.95 bits per heavy atom. The highest BCUT2D eigenvalue weighted by Gasteiger charge is 2.34. The quantitative estimate of drug-likeness (QED) is 0.210. The van der Waals surface area contributed by atoms with Gasteiger partial charge in [0.05, 0.1) is 44.5 Å². The first-order valence-corrected chi connectivity index (χ1v) is 12.1. The number of furan rings is 1. The van der Waals surface area contributed by atoms with E-state index < -0.39 is 53.0 Å². The first kappa shape index (κ1) is 29.0. The Morgan fingerprint density at radius 3 is 2.61 bits per heavy atom. The van der Waals surface area contributed by atoms with Crippen molar-refractivity contribution in [2.45, 2.75) is 6.10 Å². The van der Waals surface area contributed by atoms with E-state index in [9.17, 15) is 24.5 Å². The smallest absolute Gasteiger partial charge is 0.433 e. The van der Waals surface area contributed by atoms with E-state index in [1.807, 2.05) is 0 Å². The van der Waals surface area contributed by atoms with Crippen LogP contribution >= 0.6 is 0 Å². The number of nitrogens with two attached hydrogens (primary N) is 2. The van der Waals surface area contributed by atoms with Crippen LogP contribution in [0.5, 0.6) is 0 Å². The molecule has 0 spiro atoms. The molecule has 1 aromatic heterocycles. The molecule has 0 saturated carbocycles. The fourth-order valence-corrected chi connectivity index (χ4v) is 4.19. The summed E-state index contributed by atoms with van der Waals surface area (Å²) >= 11 is 0. The second kappa shape index (κ2) is 12.5. The SMILES string of the molecule is N/C=C\N(N)C[C@H]1CN(c2cc(F)c(N3CCON(C(=O)CNC(=O)c4ccc([N+](=O)[O-])o4)CC3)c(F)c2)C(=O)O1. The fourth-order valence-electron chi connectivity index (χ4n) is 4.19. The number of carbonyl (C=O) groups is 3. The van der Waals surface area contributed by atoms with E-state index in [0.29, 0.717) is 0 Å². The van der Waals surface area contributed by atoms with Crippen LogP contribution in [0.2, 0.25) is 0 Å². The average Bonchev–Trinajstić information content (AvgIpc) is 3.48. The number of hydrazine groups is 1. The van der Waals surface area contributed by atoms with Crippen LogP contribution in [0.15, 0.2) is 41.1 Å². The number of ether oxygens (including phenoxy) is 1. The Kier molecular flexibility index (Phi) is 8.83. The molecule has 3 heterocycles. The summed E-state index contributed by atoms with van der Waals surface area (Å²) in [5.74, 6) is 1.31. The van der Waals surface area contributed by atoms with Gasteiger partial charge in [-0.1, -0.05) is 0 Å². The molecular formula is C23H26F2N8O8. The van der Waals surface area contributed by atoms with Gasteiger partial charge in [-0.25, -0.2) is 24.5 Å². The predicted molar refractivity (Wildman–Crippen MR) is 136 cm³/mol. The van der Waals surface area contributed by atoms with Gasteiger partial charge in [-0.2, -0.15) is 0 Å². The molecular weight excluding hydrogens is 554 g/mol. The molecule has 16 nitrogen and oxygen atoms in total. The summed E-state index contributed by atoms with van der Waals surface area (Å²) in [6, 6.07) is 4.10. The molecule has 2 aliphatic rings. The lowest BCUT2D eigenvalue weighted by molar-refractivity contribution is -0.402. The topological polar surface area (TPSA) is 203 Å². The maximum absolute atomic E-state index is 15.2. The molecule has 0 bridgehead atoms. The largest absolute Gasteiger partial charge is 0.442 e. The maximum atomic E-state index is 15.2. The number of carbonyl (C=O) groups excluding carboxylic acids is 3. The minimum absolute atomic E-state index is 0.00511. The number of benzene rings is 1. The van der Waals surface area contributed by atoms with Crippen molar-refractivity contribution in [3.05, 3.63) is 64.2 Å². The fraction of sp³-hybridized carbons (Fsp3) is 0.348. The average molecular weight is 581 g/mol. The minimum Gasteiger partial charge on any atom is -0.442 e. The van der Waals surface area contributed by atoms with Gasteiger partial charge in [-0.05, 0) is 6.07 Å². The van der Waals surface area contributed by atoms with E-state index in [1.165, 1.54) is 22.3 Å². The van der Waals surface area contributed by atoms with Crippen LogP contribution in [-0.4, -0.2) is 84.9 Å². The van der Waals surface area contributed by atoms with Crippen LogP contribution in [0, 0.1) is 21.7 Å². The number of anilines is 2. The van der Waals surface area contributed by atoms with Gasteiger partial charge in [0.15, 0.2) is 17.4 Å². The molecule has 4 rings (SSSR count). The number of nitrogens with one attached hydrogen (secondary N) is 1. The van der Waals surface area contributed by atoms with E-state index >= 15 is 8.78 Å². The van der Waals surface area contributed by atoms with Crippen molar-refractivity contribution in [1.29, 1.82) is 0 Å². The highest BCUT2D eigenvalue weighted by Crippen LogP contribution is 2.31. The predicted octanol–water partition coefficient (Wildman–Crippen LogP) is 0.407. The number of hydroxylamine groups is 2. The molecule has 2 fully saturated rings. The molecule has 0 radical (unpaired) electrons. The van der Waals surface area contributed by atoms with Crippen molar-refractivity contribution in [2.75, 3.05) is 55.7 Å². The lowest BCUT2D eigenvalue weighted by Gasteiger charge is -2.24. The lowest BCUT2D eigenvalue weighted by atomic mass is 10.2. The lowest BCUT2D eigenvalue weighted by Crippen LogP contribution is -2.41. The molecule has 2 saturated heterocycles. The molecule has 41 heavy (non-hydrogen) atoms. The summed E-state index contributed by atoms with van der Waals surface area (Å²) < 4.78 is 40.3. The van der Waals surface area contributed by atoms with E-state index in [4.69, 9.17) is 25.6 Å². The summed E-state index contributed by atoms with van der Waals surface area (Å²) in [6.45, 7) is -0.628. The highest BCUT2D eigenvalue weighted by atomic mass is 19.1. The molecule has 5 N–H and O–H groups in total. The zero-order valence-electron chi connectivity index (χ0n) is 21.4. The number of halogens is 2. The summed E-state index contributed by atoms with van der Waals surface area (Å²) in [7, 11) is 0. The summed E-state index contributed by atoms with van der Waals surface area (Å²) in [5.41, 5.74) is 4.86. The van der Waals surface area contributed by atoms with Crippen LogP contribution in [0.4, 0.5) is 30.8 Å². The van der Waals surface area contributed by atoms with Crippen molar-refractivity contribution in [3.63, 3.8) is 0 Å². The Hall–Kier alpha value is -4.97. The zero-order valence-corrected chi connectivity index (χ0v) is 21.4. The molecule has 1 aromatic carbocycles. The van der Waals surface area contributed by atoms with E-state index in [-0.39, 0.29) is 56.5 Å². The standard InChI is InChI=1S/C23H26F2N8O8/c24-16-9-14(31-13-15(40-23(31)36)12-30(27)4-3-26)10-17(25)21(16)29-5-6-32(39-8-7-29)19(34)11-28-22(35)18-1-2-20(41-18)33(37)38/h1-4,9-10,15H,5-8,11-13,26-27H2,(H,28,35)/b4-3-/t15-/m0/s1. The Balaban J connectivity index is 1.35. The third-order valence-electron chi connectivity index (χ3n) is 6.05. The molecule has 220 valence electrons. The van der Waals surface area contributed by atoms with Gasteiger partial charge in [0, 0.05) is 37.6 Å². The van der Waals surface area contributed by atoms with E-state index in [1.54, 1.807) is 0 Å². The van der Waals surface area contributed by atoms with Gasteiger partial charge in [0.25, 0.3) is 11.8 Å². The Bertz CT molecular complexity index is 1330. The van der Waals surface area contributed by atoms with Gasteiger partial charge < -0.3 is 30.1 Å². The van der Waals surface area contributed by atoms with Gasteiger partial charge in [-0.3, -0.25) is 29.4 Å². The van der Waals surface area contributed by atoms with Crippen molar-refractivity contribution >= 4 is 35.2 Å². The third kappa shape index (κ3) is 6.79. The monoisotopic (exact) mass is 580 g/mol. The van der Waals surface area contributed by atoms with Crippen LogP contribution in [0.1, 0.15) is 10.6 Å². The second-order valence-electron chi connectivity index (χ2n) is 8.81. The number of nitro groups is 1. The van der Waals surface area contributed by atoms with Gasteiger partial charge in [0.1, 0.15) is 16.7 Å². The first-order chi connectivity index (χ1) is 19.6. The third-order valence-corrected chi connectivity index (χ3v) is 6.05. The number of cyclic esters (lactones) is 1. The van der Waals surface area contributed by atoms with Gasteiger partial charge in [-0.15, -0.1) is 0 Å². The van der Waals surface area contributed by atoms with Crippen LogP contribution in [0.25, 0.3) is 0 Å². The van der Waals surface area contributed by atoms with Crippen molar-refractivity contribution in [3.8, 4) is 0 Å². The second-order valence-corrected chi connectivity index (χ2v) is 8.81. The Labute approximate surface area is 230 Å². The normalized spacial score (nSPS) is 17.5. The van der Waals surface area contributed by atoms with Gasteiger partial charge >= 0.3 is 12.0 Å². The number of amides is 3. The number of hydrogen-bond donors (Lipinski definition) is 3. The minimum atomic E-state index is -0.942. The highest BCUT2D eigenvalue weighted by molar-refractivity contribution is 5.94. The molecule has 2 aliphatic heterocycles. The van der Waals surface area contributed by atoms with Crippen LogP contribution in [0.3, 0.4) is 0 Å². The molecule has 0 aliphatic carbocycles. The maximum Gasteiger partial charge on any atom is 0.433 e. The Morgan fingerprint density at radius 1 is 1.22 bits per heavy atom. The summed E-state index contributed by atoms with van der Waals surface area (Å²) in [6.07, 6.45) is 1.12. The van der Waals surface area contributed by atoms with Gasteiger partial charge in [0.2, 0.25) is 0 Å². The summed E-state index contributed by atoms with van der Waals surface area (Å²) in [4.78, 5) is 54.7. The first-order valence-electron chi connectivity index (χ1n) is 12.1. The molecule has 3 amide bonds. The van der Waals surface area contributed by atoms with Crippen molar-refractivity contribution < 1.29 is 42.1 Å². The summed E-state index contributed by atoms with van der Waals surface area (Å²) in [5, 5.41) is 15.1. The molecule has 0 unspecified atom stereocenters. The number of nitrogens with zero attached hydrogens (tertiary/aromatic N) is 5. The van der Waals surface area contributed by atoms with E-state index in [0.717, 1.165) is 34.2 Å². The van der Waals surface area contributed by atoms with E-state index in [2.05, 4.69) is 5.32 Å². The van der Waals surface area contributed by atoms with Crippen LogP contribution in [-0.2, 0) is 14.4 Å². The number of hydrogen-bond acceptors (Lipinski definition) is 12. The van der Waals surface area contributed by atoms with Crippen molar-refractivity contribution in [1.82, 2.24) is 15.4 Å². The molecule has 18 heteroatoms. The number of rotatable bonds is 9. The molecule has 1 atom stereocenters. The zero-order chi connectivity index (χ0) is 29.7. The molecule has 2 aromatic rings. The van der Waals surface area contributed by atoms with Crippen LogP contribution < -0.4 is 26.7 Å². The van der Waals surface area contributed by atoms with Crippen molar-refractivity contribution in [2.24, 2.45) is 11.6 Å².